The second kappa shape index (κ2) is 8.43. The lowest BCUT2D eigenvalue weighted by Crippen LogP contribution is -2.22. The third-order valence-electron chi connectivity index (χ3n) is 2.48. The minimum Gasteiger partial charge on any atom is -0.494 e. The first-order chi connectivity index (χ1) is 8.26. The Morgan fingerprint density at radius 3 is 2.94 bits per heavy atom. The Morgan fingerprint density at radius 2 is 2.24 bits per heavy atom. The van der Waals surface area contributed by atoms with Crippen molar-refractivity contribution in [2.45, 2.75) is 20.4 Å². The molecule has 0 aromatic heterocycles. The smallest absolute Gasteiger partial charge is 0.119 e. The molecule has 0 bridgehead atoms. The second-order valence-electron chi connectivity index (χ2n) is 4.27. The molecule has 17 heavy (non-hydrogen) atoms. The van der Waals surface area contributed by atoms with E-state index >= 15 is 0 Å². The van der Waals surface area contributed by atoms with Crippen molar-refractivity contribution in [2.24, 2.45) is 5.92 Å². The van der Waals surface area contributed by atoms with Crippen molar-refractivity contribution in [1.29, 1.82) is 0 Å². The van der Waals surface area contributed by atoms with Gasteiger partial charge in [0.15, 0.2) is 0 Å². The predicted octanol–water partition coefficient (Wildman–Crippen LogP) is 3.17. The molecule has 0 aliphatic heterocycles. The average Bonchev–Trinajstić information content (AvgIpc) is 2.30. The van der Waals surface area contributed by atoms with Crippen molar-refractivity contribution in [3.05, 3.63) is 29.8 Å². The van der Waals surface area contributed by atoms with Crippen LogP contribution in [-0.2, 0) is 6.54 Å². The molecular formula is C14H23NOS. The van der Waals surface area contributed by atoms with Crippen molar-refractivity contribution in [3.63, 3.8) is 0 Å². The number of nitrogens with one attached hydrogen (secondary N) is 1. The Labute approximate surface area is 109 Å². The van der Waals surface area contributed by atoms with Gasteiger partial charge < -0.3 is 10.1 Å². The molecular weight excluding hydrogens is 230 g/mol. The van der Waals surface area contributed by atoms with E-state index in [2.05, 4.69) is 30.6 Å². The molecule has 1 atom stereocenters. The van der Waals surface area contributed by atoms with Crippen LogP contribution in [0.5, 0.6) is 5.75 Å². The van der Waals surface area contributed by atoms with E-state index in [0.29, 0.717) is 0 Å². The quantitative estimate of drug-likeness (QED) is 0.769. The van der Waals surface area contributed by atoms with Gasteiger partial charge in [-0.05, 0) is 49.1 Å². The Hall–Kier alpha value is -0.670. The van der Waals surface area contributed by atoms with E-state index in [1.807, 2.05) is 30.8 Å². The Bertz CT molecular complexity index is 317. The number of hydrogen-bond donors (Lipinski definition) is 1. The number of ether oxygens (including phenoxy) is 1. The van der Waals surface area contributed by atoms with Gasteiger partial charge >= 0.3 is 0 Å². The van der Waals surface area contributed by atoms with Gasteiger partial charge in [0.1, 0.15) is 5.75 Å². The largest absolute Gasteiger partial charge is 0.494 e. The lowest BCUT2D eigenvalue weighted by molar-refractivity contribution is 0.340. The molecule has 0 aliphatic carbocycles. The number of hydrogen-bond acceptors (Lipinski definition) is 3. The van der Waals surface area contributed by atoms with Gasteiger partial charge in [-0.2, -0.15) is 11.8 Å². The molecule has 1 aromatic carbocycles. The van der Waals surface area contributed by atoms with Gasteiger partial charge in [0, 0.05) is 6.54 Å². The number of benzene rings is 1. The highest BCUT2D eigenvalue weighted by Gasteiger charge is 2.01. The highest BCUT2D eigenvalue weighted by Crippen LogP contribution is 2.13. The maximum absolute atomic E-state index is 5.48. The van der Waals surface area contributed by atoms with Gasteiger partial charge in [-0.25, -0.2) is 0 Å². The van der Waals surface area contributed by atoms with Crippen molar-refractivity contribution in [3.8, 4) is 5.75 Å². The van der Waals surface area contributed by atoms with Gasteiger partial charge in [-0.3, -0.25) is 0 Å². The molecule has 3 heteroatoms. The Morgan fingerprint density at radius 1 is 1.41 bits per heavy atom. The lowest BCUT2D eigenvalue weighted by atomic mass is 10.2. The van der Waals surface area contributed by atoms with Crippen LogP contribution in [0.25, 0.3) is 0 Å². The zero-order valence-electron chi connectivity index (χ0n) is 11.0. The van der Waals surface area contributed by atoms with Crippen molar-refractivity contribution in [2.75, 3.05) is 25.2 Å². The zero-order chi connectivity index (χ0) is 12.5. The van der Waals surface area contributed by atoms with Crippen LogP contribution in [0, 0.1) is 5.92 Å². The van der Waals surface area contributed by atoms with Crippen LogP contribution >= 0.6 is 11.8 Å². The molecule has 0 radical (unpaired) electrons. The summed E-state index contributed by atoms with van der Waals surface area (Å²) in [6.07, 6.45) is 2.15. The van der Waals surface area contributed by atoms with Crippen molar-refractivity contribution >= 4 is 11.8 Å². The molecule has 1 aromatic rings. The number of thioether (sulfide) groups is 1. The molecule has 0 amide bonds. The van der Waals surface area contributed by atoms with Crippen molar-refractivity contribution in [1.82, 2.24) is 5.32 Å². The number of rotatable bonds is 8. The third kappa shape index (κ3) is 5.99. The van der Waals surface area contributed by atoms with E-state index in [0.717, 1.165) is 31.4 Å². The van der Waals surface area contributed by atoms with Crippen molar-refractivity contribution < 1.29 is 4.74 Å². The van der Waals surface area contributed by atoms with E-state index in [1.165, 1.54) is 11.3 Å². The summed E-state index contributed by atoms with van der Waals surface area (Å²) in [5, 5.41) is 3.49. The summed E-state index contributed by atoms with van der Waals surface area (Å²) in [5.41, 5.74) is 1.28. The molecule has 0 aliphatic rings. The molecule has 1 unspecified atom stereocenters. The standard InChI is InChI=1S/C14H23NOS/c1-4-16-14-7-5-6-13(8-14)10-15-9-12(2)11-17-3/h5-8,12,15H,4,9-11H2,1-3H3. The molecule has 2 nitrogen and oxygen atoms in total. The SMILES string of the molecule is CCOc1cccc(CNCC(C)CSC)c1. The Balaban J connectivity index is 2.33. The van der Waals surface area contributed by atoms with E-state index in [-0.39, 0.29) is 0 Å². The van der Waals surface area contributed by atoms with Crippen LogP contribution in [0.3, 0.4) is 0 Å². The van der Waals surface area contributed by atoms with Crippen LogP contribution in [0.1, 0.15) is 19.4 Å². The molecule has 0 spiro atoms. The molecule has 0 heterocycles. The lowest BCUT2D eigenvalue weighted by Gasteiger charge is -2.11. The van der Waals surface area contributed by atoms with Crippen LogP contribution in [-0.4, -0.2) is 25.2 Å². The molecule has 0 saturated heterocycles. The summed E-state index contributed by atoms with van der Waals surface area (Å²) < 4.78 is 5.48. The summed E-state index contributed by atoms with van der Waals surface area (Å²) >= 11 is 1.91. The minimum absolute atomic E-state index is 0.722. The van der Waals surface area contributed by atoms with Gasteiger partial charge in [0.05, 0.1) is 6.61 Å². The van der Waals surface area contributed by atoms with Gasteiger partial charge in [0.2, 0.25) is 0 Å². The summed E-state index contributed by atoms with van der Waals surface area (Å²) in [6.45, 7) is 7.00. The zero-order valence-corrected chi connectivity index (χ0v) is 11.8. The molecule has 96 valence electrons. The third-order valence-corrected chi connectivity index (χ3v) is 3.38. The van der Waals surface area contributed by atoms with E-state index in [9.17, 15) is 0 Å². The second-order valence-corrected chi connectivity index (χ2v) is 5.18. The molecule has 0 saturated carbocycles. The molecule has 0 fully saturated rings. The highest BCUT2D eigenvalue weighted by molar-refractivity contribution is 7.98. The summed E-state index contributed by atoms with van der Waals surface area (Å²) in [7, 11) is 0. The van der Waals surface area contributed by atoms with Crippen LogP contribution < -0.4 is 10.1 Å². The monoisotopic (exact) mass is 253 g/mol. The van der Waals surface area contributed by atoms with Gasteiger partial charge in [-0.15, -0.1) is 0 Å². The first-order valence-corrected chi connectivity index (χ1v) is 7.57. The molecule has 1 N–H and O–H groups in total. The van der Waals surface area contributed by atoms with Crippen LogP contribution in [0.15, 0.2) is 24.3 Å². The topological polar surface area (TPSA) is 21.3 Å². The predicted molar refractivity (Wildman–Crippen MR) is 76.9 cm³/mol. The highest BCUT2D eigenvalue weighted by atomic mass is 32.2. The van der Waals surface area contributed by atoms with E-state index in [1.54, 1.807) is 0 Å². The normalized spacial score (nSPS) is 12.4. The van der Waals surface area contributed by atoms with E-state index in [4.69, 9.17) is 4.74 Å². The van der Waals surface area contributed by atoms with Crippen LogP contribution in [0.2, 0.25) is 0 Å². The van der Waals surface area contributed by atoms with Gasteiger partial charge in [-0.1, -0.05) is 19.1 Å². The first-order valence-electron chi connectivity index (χ1n) is 6.17. The summed E-state index contributed by atoms with van der Waals surface area (Å²) in [5.74, 6) is 2.90. The summed E-state index contributed by atoms with van der Waals surface area (Å²) in [4.78, 5) is 0. The fourth-order valence-corrected chi connectivity index (χ4v) is 2.41. The maximum Gasteiger partial charge on any atom is 0.119 e. The Kier molecular flexibility index (Phi) is 7.13. The first kappa shape index (κ1) is 14.4. The average molecular weight is 253 g/mol. The van der Waals surface area contributed by atoms with Crippen LogP contribution in [0.4, 0.5) is 0 Å². The fraction of sp³-hybridized carbons (Fsp3) is 0.571. The maximum atomic E-state index is 5.48. The molecule has 1 rings (SSSR count). The van der Waals surface area contributed by atoms with E-state index < -0.39 is 0 Å². The van der Waals surface area contributed by atoms with Gasteiger partial charge in [0.25, 0.3) is 0 Å². The fourth-order valence-electron chi connectivity index (χ4n) is 1.72. The summed E-state index contributed by atoms with van der Waals surface area (Å²) in [6, 6.07) is 8.29. The minimum atomic E-state index is 0.722.